The van der Waals surface area contributed by atoms with Crippen LogP contribution in [0.25, 0.3) is 0 Å². The summed E-state index contributed by atoms with van der Waals surface area (Å²) in [5, 5.41) is 25.7. The number of rotatable bonds is 4. The Bertz CT molecular complexity index is 119. The van der Waals surface area contributed by atoms with E-state index in [1.54, 1.807) is 0 Å². The number of hydrogen-bond acceptors (Lipinski definition) is 3. The van der Waals surface area contributed by atoms with Gasteiger partial charge in [-0.2, -0.15) is 0 Å². The molecule has 3 N–H and O–H groups in total. The molecule has 0 rings (SSSR count). The molecule has 0 aliphatic heterocycles. The molecule has 0 spiro atoms. The quantitative estimate of drug-likeness (QED) is 0.506. The summed E-state index contributed by atoms with van der Waals surface area (Å²) in [6, 6.07) is 0. The molecular formula is C6H12O4. The fourth-order valence-electron chi connectivity index (χ4n) is 0.530. The molecule has 0 aromatic carbocycles. The van der Waals surface area contributed by atoms with E-state index in [4.69, 9.17) is 15.3 Å². The Morgan fingerprint density at radius 2 is 2.10 bits per heavy atom. The Morgan fingerprint density at radius 3 is 2.40 bits per heavy atom. The topological polar surface area (TPSA) is 77.8 Å². The van der Waals surface area contributed by atoms with Gasteiger partial charge in [-0.05, 0) is 19.8 Å². The molecule has 0 aliphatic carbocycles. The number of aliphatic hydroxyl groups is 2. The van der Waals surface area contributed by atoms with E-state index in [0.29, 0.717) is 6.42 Å². The lowest BCUT2D eigenvalue weighted by molar-refractivity contribution is -0.157. The first kappa shape index (κ1) is 9.39. The zero-order valence-electron chi connectivity index (χ0n) is 5.87. The fraction of sp³-hybridized carbons (Fsp3) is 0.833. The molecule has 0 aromatic heterocycles. The molecule has 0 radical (unpaired) electrons. The molecule has 0 unspecified atom stereocenters. The van der Waals surface area contributed by atoms with E-state index in [2.05, 4.69) is 0 Å². The lowest BCUT2D eigenvalue weighted by Crippen LogP contribution is -2.34. The highest BCUT2D eigenvalue weighted by Crippen LogP contribution is 2.10. The molecule has 0 saturated heterocycles. The van der Waals surface area contributed by atoms with Crippen LogP contribution in [0.5, 0.6) is 0 Å². The zero-order valence-corrected chi connectivity index (χ0v) is 5.87. The van der Waals surface area contributed by atoms with Crippen molar-refractivity contribution in [1.29, 1.82) is 0 Å². The summed E-state index contributed by atoms with van der Waals surface area (Å²) in [5.41, 5.74) is -1.69. The predicted octanol–water partition coefficient (Wildman–Crippen LogP) is -0.406. The van der Waals surface area contributed by atoms with Crippen LogP contribution >= 0.6 is 0 Å². The molecule has 0 bridgehead atoms. The SMILES string of the molecule is C[C@@](O)(CCCO)C(=O)O. The molecule has 4 nitrogen and oxygen atoms in total. The summed E-state index contributed by atoms with van der Waals surface area (Å²) < 4.78 is 0. The van der Waals surface area contributed by atoms with E-state index >= 15 is 0 Å². The van der Waals surface area contributed by atoms with Crippen LogP contribution < -0.4 is 0 Å². The number of aliphatic hydroxyl groups excluding tert-OH is 1. The second-order valence-corrected chi connectivity index (χ2v) is 2.41. The summed E-state index contributed by atoms with van der Waals surface area (Å²) in [5.74, 6) is -1.25. The van der Waals surface area contributed by atoms with E-state index in [9.17, 15) is 4.79 Å². The summed E-state index contributed by atoms with van der Waals surface area (Å²) >= 11 is 0. The van der Waals surface area contributed by atoms with Crippen LogP contribution in [0, 0.1) is 0 Å². The minimum absolute atomic E-state index is 0.0822. The number of carboxylic acids is 1. The van der Waals surface area contributed by atoms with Crippen LogP contribution in [0.2, 0.25) is 0 Å². The third kappa shape index (κ3) is 2.80. The van der Waals surface area contributed by atoms with Gasteiger partial charge in [0, 0.05) is 6.61 Å². The molecule has 0 saturated carbocycles. The number of hydrogen-bond donors (Lipinski definition) is 3. The normalized spacial score (nSPS) is 16.3. The van der Waals surface area contributed by atoms with E-state index in [0.717, 1.165) is 0 Å². The third-order valence-corrected chi connectivity index (χ3v) is 1.28. The first-order valence-corrected chi connectivity index (χ1v) is 3.07. The second-order valence-electron chi connectivity index (χ2n) is 2.41. The summed E-state index contributed by atoms with van der Waals surface area (Å²) in [6.07, 6.45) is 0.387. The van der Waals surface area contributed by atoms with E-state index in [1.807, 2.05) is 0 Å². The van der Waals surface area contributed by atoms with Crippen molar-refractivity contribution < 1.29 is 20.1 Å². The van der Waals surface area contributed by atoms with Crippen molar-refractivity contribution in [2.75, 3.05) is 6.61 Å². The third-order valence-electron chi connectivity index (χ3n) is 1.28. The fourth-order valence-corrected chi connectivity index (χ4v) is 0.530. The van der Waals surface area contributed by atoms with Crippen LogP contribution in [0.1, 0.15) is 19.8 Å². The second kappa shape index (κ2) is 3.53. The van der Waals surface area contributed by atoms with Gasteiger partial charge in [-0.1, -0.05) is 0 Å². The maximum atomic E-state index is 10.2. The van der Waals surface area contributed by atoms with E-state index in [1.165, 1.54) is 6.92 Å². The first-order valence-electron chi connectivity index (χ1n) is 3.07. The van der Waals surface area contributed by atoms with Gasteiger partial charge in [-0.3, -0.25) is 0 Å². The van der Waals surface area contributed by atoms with Crippen LogP contribution in [0.3, 0.4) is 0 Å². The van der Waals surface area contributed by atoms with Crippen LogP contribution in [-0.4, -0.2) is 33.5 Å². The van der Waals surface area contributed by atoms with Crippen LogP contribution in [0.15, 0.2) is 0 Å². The average Bonchev–Trinajstić information content (AvgIpc) is 1.84. The van der Waals surface area contributed by atoms with Gasteiger partial charge < -0.3 is 15.3 Å². The monoisotopic (exact) mass is 148 g/mol. The number of carboxylic acid groups (broad SMARTS) is 1. The maximum Gasteiger partial charge on any atom is 0.335 e. The Hall–Kier alpha value is -0.610. The summed E-state index contributed by atoms with van der Waals surface area (Å²) in [6.45, 7) is 1.12. The van der Waals surface area contributed by atoms with E-state index in [-0.39, 0.29) is 13.0 Å². The lowest BCUT2D eigenvalue weighted by atomic mass is 10.0. The van der Waals surface area contributed by atoms with Crippen molar-refractivity contribution in [3.63, 3.8) is 0 Å². The smallest absolute Gasteiger partial charge is 0.335 e. The van der Waals surface area contributed by atoms with Gasteiger partial charge in [-0.25, -0.2) is 4.79 Å². The van der Waals surface area contributed by atoms with Gasteiger partial charge in [0.1, 0.15) is 0 Å². The highest BCUT2D eigenvalue weighted by molar-refractivity contribution is 5.76. The van der Waals surface area contributed by atoms with Gasteiger partial charge in [0.2, 0.25) is 0 Å². The van der Waals surface area contributed by atoms with Crippen molar-refractivity contribution in [1.82, 2.24) is 0 Å². The molecule has 0 heterocycles. The molecule has 0 amide bonds. The highest BCUT2D eigenvalue weighted by Gasteiger charge is 2.28. The lowest BCUT2D eigenvalue weighted by Gasteiger charge is -2.16. The summed E-state index contributed by atoms with van der Waals surface area (Å²) in [7, 11) is 0. The van der Waals surface area contributed by atoms with Crippen LogP contribution in [-0.2, 0) is 4.79 Å². The van der Waals surface area contributed by atoms with Gasteiger partial charge in [0.15, 0.2) is 5.60 Å². The molecule has 10 heavy (non-hydrogen) atoms. The standard InChI is InChI=1S/C6H12O4/c1-6(10,5(8)9)3-2-4-7/h7,10H,2-4H2,1H3,(H,8,9)/t6-/m1/s1. The maximum absolute atomic E-state index is 10.2. The van der Waals surface area contributed by atoms with Gasteiger partial charge >= 0.3 is 5.97 Å². The van der Waals surface area contributed by atoms with Crippen molar-refractivity contribution in [3.05, 3.63) is 0 Å². The molecule has 1 atom stereocenters. The molecule has 0 fully saturated rings. The van der Waals surface area contributed by atoms with Crippen LogP contribution in [0.4, 0.5) is 0 Å². The van der Waals surface area contributed by atoms with Gasteiger partial charge in [-0.15, -0.1) is 0 Å². The minimum Gasteiger partial charge on any atom is -0.479 e. The van der Waals surface area contributed by atoms with Gasteiger partial charge in [0.05, 0.1) is 0 Å². The first-order chi connectivity index (χ1) is 4.50. The Kier molecular flexibility index (Phi) is 3.32. The van der Waals surface area contributed by atoms with Crippen molar-refractivity contribution in [2.24, 2.45) is 0 Å². The summed E-state index contributed by atoms with van der Waals surface area (Å²) in [4.78, 5) is 10.2. The Balaban J connectivity index is 3.75. The van der Waals surface area contributed by atoms with Crippen molar-refractivity contribution in [2.45, 2.75) is 25.4 Å². The molecule has 4 heteroatoms. The number of carbonyl (C=O) groups is 1. The van der Waals surface area contributed by atoms with Crippen molar-refractivity contribution in [3.8, 4) is 0 Å². The Labute approximate surface area is 59.1 Å². The molecule has 0 aromatic rings. The molecule has 60 valence electrons. The molecule has 0 aliphatic rings. The van der Waals surface area contributed by atoms with E-state index < -0.39 is 11.6 Å². The zero-order chi connectivity index (χ0) is 8.20. The Morgan fingerprint density at radius 1 is 1.60 bits per heavy atom. The highest BCUT2D eigenvalue weighted by atomic mass is 16.4. The molecular weight excluding hydrogens is 136 g/mol. The largest absolute Gasteiger partial charge is 0.479 e. The average molecular weight is 148 g/mol. The van der Waals surface area contributed by atoms with Gasteiger partial charge in [0.25, 0.3) is 0 Å². The predicted molar refractivity (Wildman–Crippen MR) is 34.6 cm³/mol. The van der Waals surface area contributed by atoms with Crippen molar-refractivity contribution >= 4 is 5.97 Å². The number of aliphatic carboxylic acids is 1. The minimum atomic E-state index is -1.69.